The van der Waals surface area contributed by atoms with E-state index in [9.17, 15) is 19.7 Å². The van der Waals surface area contributed by atoms with Gasteiger partial charge in [0.2, 0.25) is 0 Å². The summed E-state index contributed by atoms with van der Waals surface area (Å²) in [6.45, 7) is 0.214. The summed E-state index contributed by atoms with van der Waals surface area (Å²) in [4.78, 5) is 14.0. The lowest BCUT2D eigenvalue weighted by atomic mass is 9.96. The fourth-order valence-electron chi connectivity index (χ4n) is 3.72. The van der Waals surface area contributed by atoms with E-state index in [4.69, 9.17) is 4.74 Å². The van der Waals surface area contributed by atoms with E-state index in [2.05, 4.69) is 11.4 Å². The minimum atomic E-state index is -0.569. The van der Waals surface area contributed by atoms with Gasteiger partial charge in [0.05, 0.1) is 5.56 Å². The number of para-hydroxylation sites is 1. The number of ether oxygens (including phenoxy) is 1. The number of aryl methyl sites for hydroxylation is 1. The predicted octanol–water partition coefficient (Wildman–Crippen LogP) is 5.76. The summed E-state index contributed by atoms with van der Waals surface area (Å²) in [7, 11) is 0. The highest BCUT2D eigenvalue weighted by molar-refractivity contribution is 7.16. The first kappa shape index (κ1) is 22.3. The Bertz CT molecular complexity index is 1300. The molecule has 1 aliphatic rings. The van der Waals surface area contributed by atoms with E-state index in [0.29, 0.717) is 21.9 Å². The number of amides is 1. The molecule has 5 nitrogen and oxygen atoms in total. The summed E-state index contributed by atoms with van der Waals surface area (Å²) >= 11 is 1.42. The van der Waals surface area contributed by atoms with Gasteiger partial charge in [-0.05, 0) is 61.1 Å². The number of nitriles is 2. The number of carbonyl (C=O) groups excluding carboxylic acids is 1. The van der Waals surface area contributed by atoms with Crippen molar-refractivity contribution in [3.8, 4) is 17.9 Å². The summed E-state index contributed by atoms with van der Waals surface area (Å²) in [6, 6.07) is 17.2. The highest BCUT2D eigenvalue weighted by Gasteiger charge is 2.22. The van der Waals surface area contributed by atoms with Crippen molar-refractivity contribution in [1.82, 2.24) is 0 Å². The molecule has 1 N–H and O–H groups in total. The first-order chi connectivity index (χ1) is 16.1. The van der Waals surface area contributed by atoms with E-state index in [1.165, 1.54) is 29.5 Å². The van der Waals surface area contributed by atoms with Gasteiger partial charge < -0.3 is 10.1 Å². The number of benzene rings is 2. The van der Waals surface area contributed by atoms with E-state index in [0.717, 1.165) is 41.7 Å². The molecule has 33 heavy (non-hydrogen) atoms. The van der Waals surface area contributed by atoms with E-state index >= 15 is 0 Å². The summed E-state index contributed by atoms with van der Waals surface area (Å²) in [5, 5.41) is 22.5. The molecule has 1 aromatic heterocycles. The van der Waals surface area contributed by atoms with Crippen LogP contribution in [-0.4, -0.2) is 5.91 Å². The lowest BCUT2D eigenvalue weighted by molar-refractivity contribution is -0.112. The van der Waals surface area contributed by atoms with Crippen LogP contribution in [0.5, 0.6) is 5.75 Å². The van der Waals surface area contributed by atoms with Crippen molar-refractivity contribution in [3.05, 3.63) is 87.1 Å². The second kappa shape index (κ2) is 10.1. The molecule has 0 unspecified atom stereocenters. The van der Waals surface area contributed by atoms with Gasteiger partial charge in [-0.15, -0.1) is 11.3 Å². The Morgan fingerprint density at radius 3 is 2.64 bits per heavy atom. The zero-order chi connectivity index (χ0) is 23.2. The van der Waals surface area contributed by atoms with E-state index in [-0.39, 0.29) is 18.0 Å². The summed E-state index contributed by atoms with van der Waals surface area (Å²) in [5.74, 6) is -0.398. The number of hydrogen-bond donors (Lipinski definition) is 1. The van der Waals surface area contributed by atoms with Crippen molar-refractivity contribution < 1.29 is 13.9 Å². The van der Waals surface area contributed by atoms with Gasteiger partial charge in [-0.2, -0.15) is 10.5 Å². The van der Waals surface area contributed by atoms with Gasteiger partial charge in [0, 0.05) is 10.4 Å². The SMILES string of the molecule is N#C/C(=C\c1ccccc1OCc1ccc(F)cc1)C(=O)Nc1sc2c(c1C#N)CCCC2. The van der Waals surface area contributed by atoms with Crippen LogP contribution in [0.1, 0.15) is 40.0 Å². The quantitative estimate of drug-likeness (QED) is 0.376. The Morgan fingerprint density at radius 1 is 1.12 bits per heavy atom. The maximum atomic E-state index is 13.1. The average molecular weight is 458 g/mol. The van der Waals surface area contributed by atoms with Gasteiger partial charge in [-0.1, -0.05) is 30.3 Å². The summed E-state index contributed by atoms with van der Waals surface area (Å²) in [6.07, 6.45) is 5.32. The third kappa shape index (κ3) is 5.11. The molecule has 0 spiro atoms. The minimum Gasteiger partial charge on any atom is -0.488 e. The molecule has 7 heteroatoms. The molecule has 4 rings (SSSR count). The van der Waals surface area contributed by atoms with Crippen molar-refractivity contribution in [2.75, 3.05) is 5.32 Å². The van der Waals surface area contributed by atoms with Gasteiger partial charge in [0.15, 0.2) is 0 Å². The Morgan fingerprint density at radius 2 is 1.88 bits per heavy atom. The van der Waals surface area contributed by atoms with Crippen LogP contribution in [0.25, 0.3) is 6.08 Å². The topological polar surface area (TPSA) is 85.9 Å². The number of anilines is 1. The Labute approximate surface area is 195 Å². The second-order valence-corrected chi connectivity index (χ2v) is 8.71. The van der Waals surface area contributed by atoms with Crippen LogP contribution in [0.3, 0.4) is 0 Å². The van der Waals surface area contributed by atoms with Crippen molar-refractivity contribution in [3.63, 3.8) is 0 Å². The van der Waals surface area contributed by atoms with Crippen LogP contribution in [-0.2, 0) is 24.2 Å². The Balaban J connectivity index is 1.54. The molecule has 0 fully saturated rings. The van der Waals surface area contributed by atoms with Crippen LogP contribution < -0.4 is 10.1 Å². The van der Waals surface area contributed by atoms with Crippen LogP contribution in [0, 0.1) is 28.5 Å². The van der Waals surface area contributed by atoms with Crippen molar-refractivity contribution >= 4 is 28.3 Å². The maximum absolute atomic E-state index is 13.1. The molecule has 2 aromatic carbocycles. The minimum absolute atomic E-state index is 0.0944. The van der Waals surface area contributed by atoms with Crippen LogP contribution in [0.4, 0.5) is 9.39 Å². The lowest BCUT2D eigenvalue weighted by Gasteiger charge is -2.10. The molecule has 1 aliphatic carbocycles. The first-order valence-electron chi connectivity index (χ1n) is 10.5. The zero-order valence-corrected chi connectivity index (χ0v) is 18.5. The number of fused-ring (bicyclic) bond motifs is 1. The zero-order valence-electron chi connectivity index (χ0n) is 17.7. The maximum Gasteiger partial charge on any atom is 0.266 e. The number of thiophene rings is 1. The number of hydrogen-bond acceptors (Lipinski definition) is 5. The number of halogens is 1. The van der Waals surface area contributed by atoms with Gasteiger partial charge in [0.1, 0.15) is 40.9 Å². The highest BCUT2D eigenvalue weighted by atomic mass is 32.1. The molecule has 0 aliphatic heterocycles. The van der Waals surface area contributed by atoms with Crippen molar-refractivity contribution in [2.24, 2.45) is 0 Å². The third-order valence-electron chi connectivity index (χ3n) is 5.40. The summed E-state index contributed by atoms with van der Waals surface area (Å²) < 4.78 is 19.0. The van der Waals surface area contributed by atoms with E-state index in [1.54, 1.807) is 36.4 Å². The monoisotopic (exact) mass is 457 g/mol. The van der Waals surface area contributed by atoms with Gasteiger partial charge >= 0.3 is 0 Å². The third-order valence-corrected chi connectivity index (χ3v) is 6.61. The smallest absolute Gasteiger partial charge is 0.266 e. The van der Waals surface area contributed by atoms with Crippen molar-refractivity contribution in [2.45, 2.75) is 32.3 Å². The molecule has 1 heterocycles. The fraction of sp³-hybridized carbons (Fsp3) is 0.192. The molecule has 0 bridgehead atoms. The van der Waals surface area contributed by atoms with Crippen LogP contribution in [0.15, 0.2) is 54.1 Å². The van der Waals surface area contributed by atoms with Gasteiger partial charge in [0.25, 0.3) is 5.91 Å². The average Bonchev–Trinajstić information content (AvgIpc) is 3.19. The molecule has 1 amide bonds. The standard InChI is InChI=1S/C26H20FN3O2S/c27-20-11-9-17(10-12-20)16-32-23-7-3-1-5-18(23)13-19(14-28)25(31)30-26-22(15-29)21-6-2-4-8-24(21)33-26/h1,3,5,7,9-13H,2,4,6,8,16H2,(H,30,31)/b19-13+. The van der Waals surface area contributed by atoms with Crippen LogP contribution >= 0.6 is 11.3 Å². The Kier molecular flexibility index (Phi) is 6.83. The van der Waals surface area contributed by atoms with Crippen LogP contribution in [0.2, 0.25) is 0 Å². The predicted molar refractivity (Wildman–Crippen MR) is 125 cm³/mol. The molecule has 0 saturated carbocycles. The molecule has 0 saturated heterocycles. The molecule has 164 valence electrons. The van der Waals surface area contributed by atoms with E-state index < -0.39 is 5.91 Å². The highest BCUT2D eigenvalue weighted by Crippen LogP contribution is 2.37. The number of carbonyl (C=O) groups is 1. The Hall–Kier alpha value is -3.94. The lowest BCUT2D eigenvalue weighted by Crippen LogP contribution is -2.13. The summed E-state index contributed by atoms with van der Waals surface area (Å²) in [5.41, 5.74) is 2.79. The number of rotatable bonds is 6. The molecule has 0 atom stereocenters. The van der Waals surface area contributed by atoms with Gasteiger partial charge in [-0.3, -0.25) is 4.79 Å². The normalized spacial score (nSPS) is 12.9. The number of nitrogens with one attached hydrogen (secondary N) is 1. The molecule has 3 aromatic rings. The van der Waals surface area contributed by atoms with Gasteiger partial charge in [-0.25, -0.2) is 4.39 Å². The van der Waals surface area contributed by atoms with E-state index in [1.807, 2.05) is 6.07 Å². The van der Waals surface area contributed by atoms with Crippen molar-refractivity contribution in [1.29, 1.82) is 10.5 Å². The molecule has 0 radical (unpaired) electrons. The fourth-order valence-corrected chi connectivity index (χ4v) is 4.95. The molecular weight excluding hydrogens is 437 g/mol. The first-order valence-corrected chi connectivity index (χ1v) is 11.3. The largest absolute Gasteiger partial charge is 0.488 e. The number of nitrogens with zero attached hydrogens (tertiary/aromatic N) is 2. The molecular formula is C26H20FN3O2S. The second-order valence-electron chi connectivity index (χ2n) is 7.60.